The molecule has 0 heterocycles. The number of methoxy groups -OCH3 is 1. The average molecular weight is 521 g/mol. The Morgan fingerprint density at radius 2 is 1.57 bits per heavy atom. The lowest BCUT2D eigenvalue weighted by molar-refractivity contribution is 0.167. The third-order valence-corrected chi connectivity index (χ3v) is 6.81. The van der Waals surface area contributed by atoms with Gasteiger partial charge in [-0.2, -0.15) is 0 Å². The highest BCUT2D eigenvalue weighted by atomic mass is 32.2. The lowest BCUT2D eigenvalue weighted by Gasteiger charge is -2.24. The number of rotatable bonds is 11. The second-order valence-electron chi connectivity index (χ2n) is 9.14. The smallest absolute Gasteiger partial charge is 0.229 e. The van der Waals surface area contributed by atoms with E-state index in [1.807, 2.05) is 42.5 Å². The summed E-state index contributed by atoms with van der Waals surface area (Å²) >= 11 is 0. The Bertz CT molecular complexity index is 1460. The molecule has 0 radical (unpaired) electrons. The van der Waals surface area contributed by atoms with E-state index in [0.717, 1.165) is 34.8 Å². The number of ether oxygens (including phenoxy) is 1. The van der Waals surface area contributed by atoms with Crippen LogP contribution in [0.3, 0.4) is 0 Å². The number of aliphatic hydroxyl groups excluding tert-OH is 1. The van der Waals surface area contributed by atoms with Crippen LogP contribution in [0, 0.1) is 0 Å². The Hall–Kier alpha value is -3.59. The topological polar surface area (TPSA) is 108 Å². The number of nitrogens with one attached hydrogen (secondary N) is 2. The van der Waals surface area contributed by atoms with Crippen LogP contribution < -0.4 is 14.8 Å². The SMILES string of the molecule is COc1ccc(C(Cc2ccccc2)NC[C@@H](O)Cc2ccc(O)c(NS(C)(=O)=O)c2)c2ccccc12. The Kier molecular flexibility index (Phi) is 8.33. The molecule has 4 aromatic carbocycles. The Morgan fingerprint density at radius 1 is 0.865 bits per heavy atom. The molecule has 0 aromatic heterocycles. The van der Waals surface area contributed by atoms with E-state index in [0.29, 0.717) is 12.1 Å². The van der Waals surface area contributed by atoms with E-state index in [1.165, 1.54) is 17.7 Å². The van der Waals surface area contributed by atoms with E-state index < -0.39 is 16.1 Å². The van der Waals surface area contributed by atoms with Gasteiger partial charge in [-0.1, -0.05) is 66.7 Å². The molecular formula is C29H32N2O5S. The summed E-state index contributed by atoms with van der Waals surface area (Å²) in [5.41, 5.74) is 3.07. The van der Waals surface area contributed by atoms with Crippen LogP contribution in [-0.2, 0) is 22.9 Å². The minimum absolute atomic E-state index is 0.0739. The van der Waals surface area contributed by atoms with Gasteiger partial charge in [0.1, 0.15) is 11.5 Å². The van der Waals surface area contributed by atoms with E-state index in [2.05, 4.69) is 34.3 Å². The van der Waals surface area contributed by atoms with Gasteiger partial charge < -0.3 is 20.3 Å². The van der Waals surface area contributed by atoms with Crippen molar-refractivity contribution >= 4 is 26.5 Å². The molecule has 1 unspecified atom stereocenters. The van der Waals surface area contributed by atoms with Gasteiger partial charge in [0.05, 0.1) is 25.2 Å². The third kappa shape index (κ3) is 7.01. The van der Waals surface area contributed by atoms with Crippen molar-refractivity contribution in [1.29, 1.82) is 0 Å². The Labute approximate surface area is 217 Å². The molecule has 0 fully saturated rings. The summed E-state index contributed by atoms with van der Waals surface area (Å²) < 4.78 is 31.1. The Morgan fingerprint density at radius 3 is 2.27 bits per heavy atom. The molecule has 0 amide bonds. The number of sulfonamides is 1. The van der Waals surface area contributed by atoms with Crippen LogP contribution in [0.1, 0.15) is 22.7 Å². The second-order valence-corrected chi connectivity index (χ2v) is 10.9. The monoisotopic (exact) mass is 520 g/mol. The van der Waals surface area contributed by atoms with Crippen LogP contribution >= 0.6 is 0 Å². The number of aromatic hydroxyl groups is 1. The molecule has 0 spiro atoms. The molecule has 0 aliphatic heterocycles. The number of phenols is 1. The number of aliphatic hydroxyl groups is 1. The van der Waals surface area contributed by atoms with Gasteiger partial charge in [0.25, 0.3) is 0 Å². The van der Waals surface area contributed by atoms with Crippen molar-refractivity contribution < 1.29 is 23.4 Å². The van der Waals surface area contributed by atoms with E-state index >= 15 is 0 Å². The first-order valence-electron chi connectivity index (χ1n) is 12.0. The van der Waals surface area contributed by atoms with Gasteiger partial charge in [-0.25, -0.2) is 8.42 Å². The maximum Gasteiger partial charge on any atom is 0.229 e. The fraction of sp³-hybridized carbons (Fsp3) is 0.241. The molecule has 37 heavy (non-hydrogen) atoms. The predicted molar refractivity (Wildman–Crippen MR) is 148 cm³/mol. The van der Waals surface area contributed by atoms with Crippen LogP contribution in [0.5, 0.6) is 11.5 Å². The molecule has 0 bridgehead atoms. The van der Waals surface area contributed by atoms with E-state index in [4.69, 9.17) is 4.74 Å². The summed E-state index contributed by atoms with van der Waals surface area (Å²) in [5.74, 6) is 0.639. The third-order valence-electron chi connectivity index (χ3n) is 6.22. The van der Waals surface area contributed by atoms with Gasteiger partial charge in [-0.05, 0) is 53.1 Å². The Balaban J connectivity index is 1.55. The summed E-state index contributed by atoms with van der Waals surface area (Å²) in [7, 11) is -1.88. The standard InChI is InChI=1S/C29H32N2O5S/c1-36-29-15-13-24(23-10-6-7-11-25(23)29)26(17-20-8-4-3-5-9-20)30-19-22(32)16-21-12-14-28(33)27(18-21)31-37(2,34)35/h3-15,18,22,26,30-33H,16-17,19H2,1-2H3/t22-,26?/m0/s1. The molecule has 0 aliphatic carbocycles. The van der Waals surface area contributed by atoms with Crippen molar-refractivity contribution in [2.24, 2.45) is 0 Å². The van der Waals surface area contributed by atoms with E-state index in [9.17, 15) is 18.6 Å². The number of benzene rings is 4. The minimum atomic E-state index is -3.54. The summed E-state index contributed by atoms with van der Waals surface area (Å²) in [6.07, 6.45) is 1.30. The number of hydrogen-bond acceptors (Lipinski definition) is 6. The van der Waals surface area contributed by atoms with Crippen molar-refractivity contribution in [2.45, 2.75) is 25.0 Å². The van der Waals surface area contributed by atoms with E-state index in [1.54, 1.807) is 13.2 Å². The molecule has 4 rings (SSSR count). The van der Waals surface area contributed by atoms with Crippen LogP contribution in [0.2, 0.25) is 0 Å². The zero-order valence-corrected chi connectivity index (χ0v) is 21.7. The highest BCUT2D eigenvalue weighted by molar-refractivity contribution is 7.92. The van der Waals surface area contributed by atoms with Gasteiger partial charge in [0, 0.05) is 18.0 Å². The highest BCUT2D eigenvalue weighted by Crippen LogP contribution is 2.33. The number of phenolic OH excluding ortho intramolecular Hbond substituents is 1. The fourth-order valence-corrected chi connectivity index (χ4v) is 5.10. The maximum atomic E-state index is 11.6. The molecule has 8 heteroatoms. The lowest BCUT2D eigenvalue weighted by atomic mass is 9.93. The molecule has 0 aliphatic rings. The summed E-state index contributed by atoms with van der Waals surface area (Å²) in [4.78, 5) is 0. The predicted octanol–water partition coefficient (Wildman–Crippen LogP) is 4.40. The van der Waals surface area contributed by atoms with Crippen molar-refractivity contribution in [3.05, 3.63) is 102 Å². The van der Waals surface area contributed by atoms with Crippen LogP contribution in [0.25, 0.3) is 10.8 Å². The van der Waals surface area contributed by atoms with Gasteiger partial charge in [0.15, 0.2) is 0 Å². The molecule has 0 saturated heterocycles. The van der Waals surface area contributed by atoms with Crippen molar-refractivity contribution in [3.8, 4) is 11.5 Å². The van der Waals surface area contributed by atoms with Crippen molar-refractivity contribution in [1.82, 2.24) is 5.32 Å². The molecule has 4 aromatic rings. The molecule has 7 nitrogen and oxygen atoms in total. The molecule has 4 N–H and O–H groups in total. The molecule has 0 saturated carbocycles. The lowest BCUT2D eigenvalue weighted by Crippen LogP contribution is -2.33. The van der Waals surface area contributed by atoms with Crippen molar-refractivity contribution in [2.75, 3.05) is 24.6 Å². The van der Waals surface area contributed by atoms with Crippen LogP contribution in [-0.4, -0.2) is 44.6 Å². The zero-order valence-electron chi connectivity index (χ0n) is 20.9. The van der Waals surface area contributed by atoms with Crippen LogP contribution in [0.4, 0.5) is 5.69 Å². The molecular weight excluding hydrogens is 488 g/mol. The van der Waals surface area contributed by atoms with Gasteiger partial charge in [0.2, 0.25) is 10.0 Å². The average Bonchev–Trinajstić information content (AvgIpc) is 2.87. The maximum absolute atomic E-state index is 11.6. The van der Waals surface area contributed by atoms with Gasteiger partial charge in [-0.15, -0.1) is 0 Å². The number of fused-ring (bicyclic) bond motifs is 1. The van der Waals surface area contributed by atoms with Crippen molar-refractivity contribution in [3.63, 3.8) is 0 Å². The molecule has 2 atom stereocenters. The number of anilines is 1. The van der Waals surface area contributed by atoms with Crippen LogP contribution in [0.15, 0.2) is 84.9 Å². The number of hydrogen-bond donors (Lipinski definition) is 4. The first-order chi connectivity index (χ1) is 17.7. The first-order valence-corrected chi connectivity index (χ1v) is 13.9. The summed E-state index contributed by atoms with van der Waals surface area (Å²) in [6.45, 7) is 0.313. The quantitative estimate of drug-likeness (QED) is 0.218. The zero-order chi connectivity index (χ0) is 26.4. The normalized spacial score (nSPS) is 13.3. The first kappa shape index (κ1) is 26.5. The molecule has 194 valence electrons. The second kappa shape index (κ2) is 11.6. The largest absolute Gasteiger partial charge is 0.506 e. The summed E-state index contributed by atoms with van der Waals surface area (Å²) in [6, 6.07) is 26.9. The fourth-order valence-electron chi connectivity index (χ4n) is 4.53. The van der Waals surface area contributed by atoms with Gasteiger partial charge >= 0.3 is 0 Å². The van der Waals surface area contributed by atoms with E-state index in [-0.39, 0.29) is 23.9 Å². The summed E-state index contributed by atoms with van der Waals surface area (Å²) in [5, 5.41) is 26.5. The van der Waals surface area contributed by atoms with Gasteiger partial charge in [-0.3, -0.25) is 4.72 Å². The minimum Gasteiger partial charge on any atom is -0.506 e. The highest BCUT2D eigenvalue weighted by Gasteiger charge is 2.19.